The Kier molecular flexibility index (Phi) is 6.42. The Morgan fingerprint density at radius 2 is 0.812 bits per heavy atom. The Hall–Kier alpha value is -5.86. The van der Waals surface area contributed by atoms with Gasteiger partial charge in [0, 0.05) is 27.9 Å². The summed E-state index contributed by atoms with van der Waals surface area (Å²) in [5.74, 6) is 1.82. The molecule has 0 amide bonds. The second-order valence-corrected chi connectivity index (χ2v) is 13.4. The molecule has 1 heterocycles. The highest BCUT2D eigenvalue weighted by atomic mass is 16.5. The van der Waals surface area contributed by atoms with Crippen molar-refractivity contribution in [3.8, 4) is 33.8 Å². The van der Waals surface area contributed by atoms with E-state index < -0.39 is 5.41 Å². The van der Waals surface area contributed by atoms with Crippen LogP contribution in [0.2, 0.25) is 0 Å². The molecule has 1 aliphatic carbocycles. The van der Waals surface area contributed by atoms with Crippen molar-refractivity contribution in [1.29, 1.82) is 0 Å². The van der Waals surface area contributed by atoms with Crippen molar-refractivity contribution in [3.05, 3.63) is 203 Å². The minimum absolute atomic E-state index is 0.215. The highest BCUT2D eigenvalue weighted by Crippen LogP contribution is 2.61. The number of hydrogen-bond donors (Lipinski definition) is 1. The zero-order valence-electron chi connectivity index (χ0n) is 27.1. The van der Waals surface area contributed by atoms with Gasteiger partial charge in [-0.15, -0.1) is 0 Å². The number of fused-ring (bicyclic) bond motifs is 8. The van der Waals surface area contributed by atoms with E-state index in [1.807, 2.05) is 0 Å². The number of anilines is 2. The summed E-state index contributed by atoms with van der Waals surface area (Å²) in [6, 6.07) is 61.1. The fourth-order valence-corrected chi connectivity index (χ4v) is 8.08. The van der Waals surface area contributed by atoms with Gasteiger partial charge in [-0.3, -0.25) is 0 Å². The maximum absolute atomic E-state index is 6.54. The first-order valence-electron chi connectivity index (χ1n) is 16.7. The average Bonchev–Trinajstić information content (AvgIpc) is 3.14. The van der Waals surface area contributed by atoms with Crippen LogP contribution >= 0.6 is 0 Å². The lowest BCUT2D eigenvalue weighted by molar-refractivity contribution is 0.425. The van der Waals surface area contributed by atoms with Gasteiger partial charge in [0.2, 0.25) is 0 Å². The number of nitrogens with one attached hydrogen (secondary N) is 1. The fourth-order valence-electron chi connectivity index (χ4n) is 8.08. The molecule has 2 heteroatoms. The van der Waals surface area contributed by atoms with Gasteiger partial charge in [-0.25, -0.2) is 0 Å². The van der Waals surface area contributed by atoms with Gasteiger partial charge < -0.3 is 10.1 Å². The Labute approximate surface area is 282 Å². The van der Waals surface area contributed by atoms with Crippen LogP contribution in [-0.2, 0) is 10.8 Å². The van der Waals surface area contributed by atoms with Gasteiger partial charge in [-0.05, 0) is 80.9 Å². The average molecular weight is 618 g/mol. The SMILES string of the molecule is CC1(C)c2ccccc2C2(c3ccccc3Oc3ccccc32)c2ccc(Nc3ccc(-c4ccc(-c5ccccc5)cc4)cc3)cc21. The Morgan fingerprint density at radius 1 is 0.375 bits per heavy atom. The third-order valence-corrected chi connectivity index (χ3v) is 10.4. The van der Waals surface area contributed by atoms with Crippen molar-refractivity contribution in [2.45, 2.75) is 24.7 Å². The number of hydrogen-bond acceptors (Lipinski definition) is 2. The lowest BCUT2D eigenvalue weighted by Gasteiger charge is -2.50. The van der Waals surface area contributed by atoms with Gasteiger partial charge in [0.1, 0.15) is 11.5 Å². The van der Waals surface area contributed by atoms with E-state index in [1.54, 1.807) is 0 Å². The highest BCUT2D eigenvalue weighted by molar-refractivity contribution is 5.78. The largest absolute Gasteiger partial charge is 0.457 e. The summed E-state index contributed by atoms with van der Waals surface area (Å²) in [6.45, 7) is 4.71. The molecule has 0 aromatic heterocycles. The first-order chi connectivity index (χ1) is 23.5. The molecule has 7 aromatic carbocycles. The zero-order valence-corrected chi connectivity index (χ0v) is 27.1. The summed E-state index contributed by atoms with van der Waals surface area (Å²) in [7, 11) is 0. The Bertz CT molecular complexity index is 2250. The maximum atomic E-state index is 6.54. The van der Waals surface area contributed by atoms with Gasteiger partial charge >= 0.3 is 0 Å². The normalized spacial score (nSPS) is 14.5. The topological polar surface area (TPSA) is 21.3 Å². The number of rotatable bonds is 4. The Balaban J connectivity index is 1.11. The Morgan fingerprint density at radius 3 is 1.42 bits per heavy atom. The molecule has 0 fully saturated rings. The van der Waals surface area contributed by atoms with Crippen LogP contribution in [0.4, 0.5) is 11.4 Å². The molecular formula is C46H35NO. The molecule has 0 saturated heterocycles. The molecule has 9 rings (SSSR count). The molecule has 48 heavy (non-hydrogen) atoms. The molecular weight excluding hydrogens is 583 g/mol. The lowest BCUT2D eigenvalue weighted by Crippen LogP contribution is -2.43. The van der Waals surface area contributed by atoms with E-state index >= 15 is 0 Å². The molecule has 0 atom stereocenters. The van der Waals surface area contributed by atoms with Gasteiger partial charge in [0.15, 0.2) is 0 Å². The van der Waals surface area contributed by atoms with Crippen LogP contribution in [0.5, 0.6) is 11.5 Å². The molecule has 0 bridgehead atoms. The van der Waals surface area contributed by atoms with Gasteiger partial charge in [0.05, 0.1) is 5.41 Å². The summed E-state index contributed by atoms with van der Waals surface area (Å²) in [5.41, 5.74) is 13.9. The van der Waals surface area contributed by atoms with E-state index in [0.717, 1.165) is 22.9 Å². The summed E-state index contributed by atoms with van der Waals surface area (Å²) >= 11 is 0. The molecule has 2 nitrogen and oxygen atoms in total. The quantitative estimate of drug-likeness (QED) is 0.212. The zero-order chi connectivity index (χ0) is 32.3. The minimum atomic E-state index is -0.497. The van der Waals surface area contributed by atoms with Crippen LogP contribution in [0.3, 0.4) is 0 Å². The summed E-state index contributed by atoms with van der Waals surface area (Å²) in [6.07, 6.45) is 0. The van der Waals surface area contributed by atoms with Crippen LogP contribution in [0.25, 0.3) is 22.3 Å². The molecule has 0 radical (unpaired) electrons. The van der Waals surface area contributed by atoms with Crippen LogP contribution in [0.1, 0.15) is 47.2 Å². The van der Waals surface area contributed by atoms with Crippen LogP contribution in [0.15, 0.2) is 170 Å². The molecule has 0 unspecified atom stereocenters. The van der Waals surface area contributed by atoms with E-state index in [2.05, 4.69) is 189 Å². The monoisotopic (exact) mass is 617 g/mol. The van der Waals surface area contributed by atoms with E-state index in [1.165, 1.54) is 55.6 Å². The second-order valence-electron chi connectivity index (χ2n) is 13.4. The third-order valence-electron chi connectivity index (χ3n) is 10.4. The highest BCUT2D eigenvalue weighted by Gasteiger charge is 2.52. The molecule has 1 aliphatic heterocycles. The molecule has 1 N–H and O–H groups in total. The second kappa shape index (κ2) is 10.9. The molecule has 1 spiro atoms. The van der Waals surface area contributed by atoms with Crippen molar-refractivity contribution in [3.63, 3.8) is 0 Å². The number of para-hydroxylation sites is 2. The van der Waals surface area contributed by atoms with Crippen molar-refractivity contribution in [2.75, 3.05) is 5.32 Å². The summed E-state index contributed by atoms with van der Waals surface area (Å²) in [4.78, 5) is 0. The van der Waals surface area contributed by atoms with Crippen molar-refractivity contribution >= 4 is 11.4 Å². The van der Waals surface area contributed by atoms with Crippen molar-refractivity contribution in [2.24, 2.45) is 0 Å². The predicted octanol–water partition coefficient (Wildman–Crippen LogP) is 11.9. The van der Waals surface area contributed by atoms with Crippen molar-refractivity contribution < 1.29 is 4.74 Å². The third kappa shape index (κ3) is 4.26. The first kappa shape index (κ1) is 28.4. The van der Waals surface area contributed by atoms with E-state index in [9.17, 15) is 0 Å². The van der Waals surface area contributed by atoms with Crippen LogP contribution in [-0.4, -0.2) is 0 Å². The van der Waals surface area contributed by atoms with E-state index in [0.29, 0.717) is 0 Å². The van der Waals surface area contributed by atoms with E-state index in [-0.39, 0.29) is 5.41 Å². The minimum Gasteiger partial charge on any atom is -0.457 e. The molecule has 0 saturated carbocycles. The molecule has 2 aliphatic rings. The fraction of sp³-hybridized carbons (Fsp3) is 0.0870. The number of benzene rings is 7. The molecule has 230 valence electrons. The predicted molar refractivity (Wildman–Crippen MR) is 198 cm³/mol. The first-order valence-corrected chi connectivity index (χ1v) is 16.7. The van der Waals surface area contributed by atoms with Crippen LogP contribution < -0.4 is 10.1 Å². The molecule has 7 aromatic rings. The standard InChI is InChI=1S/C46H35NO/c1-45(2)37-14-6-7-15-38(37)46(40-16-8-10-18-43(40)48-44-19-11-9-17-41(44)46)39-29-28-36(30-42(39)45)47-35-26-24-34(25-27-35)33-22-20-32(21-23-33)31-12-4-3-5-13-31/h3-30,47H,1-2H3. The van der Waals surface area contributed by atoms with Gasteiger partial charge in [-0.1, -0.05) is 147 Å². The smallest absolute Gasteiger partial charge is 0.132 e. The summed E-state index contributed by atoms with van der Waals surface area (Å²) < 4.78 is 6.54. The van der Waals surface area contributed by atoms with Gasteiger partial charge in [-0.2, -0.15) is 0 Å². The van der Waals surface area contributed by atoms with E-state index in [4.69, 9.17) is 4.74 Å². The maximum Gasteiger partial charge on any atom is 0.132 e. The van der Waals surface area contributed by atoms with Crippen molar-refractivity contribution in [1.82, 2.24) is 0 Å². The number of ether oxygens (including phenoxy) is 1. The lowest BCUT2D eigenvalue weighted by atomic mass is 9.53. The van der Waals surface area contributed by atoms with Crippen LogP contribution in [0, 0.1) is 0 Å². The summed E-state index contributed by atoms with van der Waals surface area (Å²) in [5, 5.41) is 3.73. The van der Waals surface area contributed by atoms with Gasteiger partial charge in [0.25, 0.3) is 0 Å².